The van der Waals surface area contributed by atoms with Crippen molar-refractivity contribution in [2.24, 2.45) is 0 Å². The molecule has 0 aliphatic carbocycles. The fourth-order valence-electron chi connectivity index (χ4n) is 4.15. The number of aryl methyl sites for hydroxylation is 1. The highest BCUT2D eigenvalue weighted by Gasteiger charge is 2.19. The molecule has 7 nitrogen and oxygen atoms in total. The van der Waals surface area contributed by atoms with E-state index in [0.717, 1.165) is 52.3 Å². The zero-order valence-corrected chi connectivity index (χ0v) is 19.8. The minimum atomic E-state index is 0.117. The Kier molecular flexibility index (Phi) is 6.48. The van der Waals surface area contributed by atoms with E-state index in [-0.39, 0.29) is 5.75 Å². The lowest BCUT2D eigenvalue weighted by molar-refractivity contribution is 0.297. The van der Waals surface area contributed by atoms with Crippen molar-refractivity contribution in [3.63, 3.8) is 0 Å². The molecule has 0 fully saturated rings. The molecule has 5 rings (SSSR count). The Morgan fingerprint density at radius 3 is 2.54 bits per heavy atom. The summed E-state index contributed by atoms with van der Waals surface area (Å²) in [5, 5.41) is 18.3. The summed E-state index contributed by atoms with van der Waals surface area (Å²) in [5.74, 6) is 3.03. The Hall–Kier alpha value is -4.13. The van der Waals surface area contributed by atoms with Gasteiger partial charge in [0.2, 0.25) is 0 Å². The summed E-state index contributed by atoms with van der Waals surface area (Å²) >= 11 is 0. The van der Waals surface area contributed by atoms with E-state index in [0.29, 0.717) is 36.9 Å². The zero-order valence-electron chi connectivity index (χ0n) is 19.8. The van der Waals surface area contributed by atoms with Gasteiger partial charge >= 0.3 is 0 Å². The summed E-state index contributed by atoms with van der Waals surface area (Å²) < 4.78 is 22.9. The number of phenols is 1. The van der Waals surface area contributed by atoms with E-state index >= 15 is 0 Å². The van der Waals surface area contributed by atoms with Gasteiger partial charge in [0.15, 0.2) is 11.5 Å². The zero-order chi connectivity index (χ0) is 24.2. The third-order valence-electron chi connectivity index (χ3n) is 6.08. The normalized spacial score (nSPS) is 12.7. The molecule has 2 heterocycles. The van der Waals surface area contributed by atoms with E-state index < -0.39 is 0 Å². The van der Waals surface area contributed by atoms with Crippen LogP contribution >= 0.6 is 0 Å². The molecule has 0 bridgehead atoms. The molecule has 0 amide bonds. The molecule has 1 aromatic heterocycles. The predicted molar refractivity (Wildman–Crippen MR) is 133 cm³/mol. The number of hydrogen-bond donors (Lipinski definition) is 2. The summed E-state index contributed by atoms with van der Waals surface area (Å²) in [6.07, 6.45) is 3.36. The number of aromatic nitrogens is 2. The van der Waals surface area contributed by atoms with Crippen LogP contribution in [0.5, 0.6) is 28.7 Å². The van der Waals surface area contributed by atoms with E-state index in [9.17, 15) is 5.11 Å². The summed E-state index contributed by atoms with van der Waals surface area (Å²) in [6, 6.07) is 17.2. The molecule has 1 aliphatic heterocycles. The lowest BCUT2D eigenvalue weighted by Crippen LogP contribution is -1.99. The van der Waals surface area contributed by atoms with Gasteiger partial charge in [0.1, 0.15) is 23.9 Å². The van der Waals surface area contributed by atoms with Crippen LogP contribution in [0.15, 0.2) is 60.8 Å². The molecule has 35 heavy (non-hydrogen) atoms. The first-order valence-electron chi connectivity index (χ1n) is 11.7. The molecule has 0 radical (unpaired) electrons. The van der Waals surface area contributed by atoms with Gasteiger partial charge in [-0.05, 0) is 53.4 Å². The van der Waals surface area contributed by atoms with Gasteiger partial charge in [0.05, 0.1) is 32.2 Å². The van der Waals surface area contributed by atoms with Crippen molar-refractivity contribution in [1.82, 2.24) is 10.2 Å². The number of fused-ring (bicyclic) bond motifs is 1. The maximum Gasteiger partial charge on any atom is 0.161 e. The average molecular weight is 473 g/mol. The topological polar surface area (TPSA) is 85.8 Å². The van der Waals surface area contributed by atoms with Gasteiger partial charge in [-0.3, -0.25) is 5.10 Å². The standard InChI is InChI=1S/C28H28N2O5/c1-3-19-13-22(24(31)15-26(19)35-17-18-5-8-21(32-2)9-6-18)28-23(16-29-30-28)20-7-10-25-27(14-20)34-12-4-11-33-25/h5-10,13-16,31H,3-4,11-12,17H2,1-2H3,(H,29,30). The first kappa shape index (κ1) is 22.7. The van der Waals surface area contributed by atoms with Gasteiger partial charge in [-0.1, -0.05) is 25.1 Å². The van der Waals surface area contributed by atoms with Crippen LogP contribution in [0.1, 0.15) is 24.5 Å². The Morgan fingerprint density at radius 2 is 1.77 bits per heavy atom. The number of hydrogen-bond acceptors (Lipinski definition) is 6. The van der Waals surface area contributed by atoms with Crippen molar-refractivity contribution in [2.75, 3.05) is 20.3 Å². The minimum Gasteiger partial charge on any atom is -0.507 e. The number of rotatable bonds is 7. The van der Waals surface area contributed by atoms with Gasteiger partial charge in [0, 0.05) is 23.6 Å². The summed E-state index contributed by atoms with van der Waals surface area (Å²) in [6.45, 7) is 3.72. The quantitative estimate of drug-likeness (QED) is 0.356. The minimum absolute atomic E-state index is 0.117. The number of H-pyrrole nitrogens is 1. The SMILES string of the molecule is CCc1cc(-c2[nH]ncc2-c2ccc3c(c2)OCCCO3)c(O)cc1OCc1ccc(OC)cc1. The number of methoxy groups -OCH3 is 1. The second-order valence-electron chi connectivity index (χ2n) is 8.34. The maximum atomic E-state index is 11.0. The molecule has 7 heteroatoms. The molecule has 0 saturated heterocycles. The van der Waals surface area contributed by atoms with Crippen molar-refractivity contribution in [2.45, 2.75) is 26.4 Å². The van der Waals surface area contributed by atoms with Crippen LogP contribution in [-0.4, -0.2) is 35.6 Å². The van der Waals surface area contributed by atoms with Gasteiger partial charge in [-0.25, -0.2) is 0 Å². The summed E-state index contributed by atoms with van der Waals surface area (Å²) in [5.41, 5.74) is 5.19. The van der Waals surface area contributed by atoms with Gasteiger partial charge in [0.25, 0.3) is 0 Å². The predicted octanol–water partition coefficient (Wildman–Crippen LogP) is 5.76. The fourth-order valence-corrected chi connectivity index (χ4v) is 4.15. The number of aromatic amines is 1. The Labute approximate surface area is 204 Å². The average Bonchev–Trinajstić information content (AvgIpc) is 3.25. The molecule has 0 spiro atoms. The second-order valence-corrected chi connectivity index (χ2v) is 8.34. The number of nitrogens with one attached hydrogen (secondary N) is 1. The molecule has 0 unspecified atom stereocenters. The molecule has 4 aromatic rings. The van der Waals surface area contributed by atoms with Crippen LogP contribution in [-0.2, 0) is 13.0 Å². The monoisotopic (exact) mass is 472 g/mol. The Morgan fingerprint density at radius 1 is 0.971 bits per heavy atom. The molecule has 2 N–H and O–H groups in total. The van der Waals surface area contributed by atoms with Crippen molar-refractivity contribution in [3.05, 3.63) is 71.9 Å². The van der Waals surface area contributed by atoms with E-state index in [2.05, 4.69) is 17.1 Å². The van der Waals surface area contributed by atoms with Gasteiger partial charge in [-0.15, -0.1) is 0 Å². The van der Waals surface area contributed by atoms with Gasteiger partial charge in [-0.2, -0.15) is 5.10 Å². The highest BCUT2D eigenvalue weighted by atomic mass is 16.5. The van der Waals surface area contributed by atoms with Crippen LogP contribution in [0.25, 0.3) is 22.4 Å². The third-order valence-corrected chi connectivity index (χ3v) is 6.08. The van der Waals surface area contributed by atoms with Crippen molar-refractivity contribution in [1.29, 1.82) is 0 Å². The maximum absolute atomic E-state index is 11.0. The largest absolute Gasteiger partial charge is 0.507 e. The van der Waals surface area contributed by atoms with E-state index in [1.165, 1.54) is 0 Å². The van der Waals surface area contributed by atoms with Crippen LogP contribution in [0.3, 0.4) is 0 Å². The number of benzene rings is 3. The molecule has 3 aromatic carbocycles. The lowest BCUT2D eigenvalue weighted by Gasteiger charge is -2.15. The van der Waals surface area contributed by atoms with E-state index in [1.54, 1.807) is 19.4 Å². The fraction of sp³-hybridized carbons (Fsp3) is 0.250. The lowest BCUT2D eigenvalue weighted by atomic mass is 9.98. The first-order chi connectivity index (χ1) is 17.2. The molecular weight excluding hydrogens is 444 g/mol. The second kappa shape index (κ2) is 10.0. The number of aromatic hydroxyl groups is 1. The van der Waals surface area contributed by atoms with Crippen molar-refractivity contribution < 1.29 is 24.1 Å². The molecule has 0 atom stereocenters. The van der Waals surface area contributed by atoms with Crippen LogP contribution in [0.4, 0.5) is 0 Å². The molecule has 1 aliphatic rings. The molecular formula is C28H28N2O5. The number of phenolic OH excluding ortho intramolecular Hbond substituents is 1. The number of nitrogens with zero attached hydrogens (tertiary/aromatic N) is 1. The van der Waals surface area contributed by atoms with Gasteiger partial charge < -0.3 is 24.1 Å². The third kappa shape index (κ3) is 4.75. The first-order valence-corrected chi connectivity index (χ1v) is 11.7. The Balaban J connectivity index is 1.43. The highest BCUT2D eigenvalue weighted by Crippen LogP contribution is 2.41. The van der Waals surface area contributed by atoms with Crippen molar-refractivity contribution in [3.8, 4) is 51.1 Å². The van der Waals surface area contributed by atoms with Crippen LogP contribution < -0.4 is 18.9 Å². The highest BCUT2D eigenvalue weighted by molar-refractivity contribution is 5.84. The smallest absolute Gasteiger partial charge is 0.161 e. The summed E-state index contributed by atoms with van der Waals surface area (Å²) in [7, 11) is 1.64. The molecule has 0 saturated carbocycles. The van der Waals surface area contributed by atoms with Crippen LogP contribution in [0, 0.1) is 0 Å². The summed E-state index contributed by atoms with van der Waals surface area (Å²) in [4.78, 5) is 0. The Bertz CT molecular complexity index is 1310. The van der Waals surface area contributed by atoms with Crippen molar-refractivity contribution >= 4 is 0 Å². The van der Waals surface area contributed by atoms with E-state index in [1.807, 2.05) is 48.5 Å². The van der Waals surface area contributed by atoms with Crippen LogP contribution in [0.2, 0.25) is 0 Å². The van der Waals surface area contributed by atoms with E-state index in [4.69, 9.17) is 18.9 Å². The number of ether oxygens (including phenoxy) is 4. The molecule has 180 valence electrons.